The number of benzene rings is 1. The molecule has 1 aromatic carbocycles. The maximum absolute atomic E-state index is 13.4. The molecule has 0 saturated carbocycles. The Balaban J connectivity index is 2.47. The molecule has 0 fully saturated rings. The predicted octanol–water partition coefficient (Wildman–Crippen LogP) is 1.22. The molecule has 1 aliphatic heterocycles. The first-order chi connectivity index (χ1) is 7.22. The van der Waals surface area contributed by atoms with Crippen molar-refractivity contribution >= 4 is 17.3 Å². The summed E-state index contributed by atoms with van der Waals surface area (Å²) in [5.74, 6) is 1.75. The fraction of sp³-hybridized carbons (Fsp3) is 0.182. The lowest BCUT2D eigenvalue weighted by Crippen LogP contribution is -2.38. The molecule has 1 aromatic rings. The highest BCUT2D eigenvalue weighted by Gasteiger charge is 2.23. The molecule has 0 radical (unpaired) electrons. The van der Waals surface area contributed by atoms with Crippen molar-refractivity contribution < 1.29 is 9.18 Å². The highest BCUT2D eigenvalue weighted by molar-refractivity contribution is 6.01. The number of nitrogens with one attached hydrogen (secondary N) is 1. The summed E-state index contributed by atoms with van der Waals surface area (Å²) >= 11 is 0. The number of para-hydroxylation sites is 1. The summed E-state index contributed by atoms with van der Waals surface area (Å²) in [5, 5.41) is 2.49. The van der Waals surface area contributed by atoms with E-state index in [4.69, 9.17) is 6.42 Å². The van der Waals surface area contributed by atoms with E-state index in [1.807, 2.05) is 0 Å². The minimum Gasteiger partial charge on any atom is -0.349 e. The molecular formula is C11H9FN2O. The number of amides is 1. The molecule has 2 rings (SSSR count). The van der Waals surface area contributed by atoms with Gasteiger partial charge in [0.25, 0.3) is 0 Å². The van der Waals surface area contributed by atoms with Gasteiger partial charge in [0.2, 0.25) is 5.91 Å². The molecule has 1 amide bonds. The van der Waals surface area contributed by atoms with E-state index >= 15 is 0 Å². The zero-order chi connectivity index (χ0) is 10.8. The van der Waals surface area contributed by atoms with Gasteiger partial charge in [-0.2, -0.15) is 0 Å². The molecule has 1 aliphatic rings. The van der Waals surface area contributed by atoms with Gasteiger partial charge in [0, 0.05) is 0 Å². The summed E-state index contributed by atoms with van der Waals surface area (Å²) in [6.07, 6.45) is 5.18. The third-order valence-corrected chi connectivity index (χ3v) is 2.21. The van der Waals surface area contributed by atoms with E-state index < -0.39 is 5.82 Å². The van der Waals surface area contributed by atoms with Crippen LogP contribution in [0.4, 0.5) is 15.8 Å². The third kappa shape index (κ3) is 1.64. The fourth-order valence-electron chi connectivity index (χ4n) is 1.59. The minimum absolute atomic E-state index is 0.167. The lowest BCUT2D eigenvalue weighted by atomic mass is 10.2. The molecule has 0 aliphatic carbocycles. The zero-order valence-corrected chi connectivity index (χ0v) is 7.96. The number of rotatable bonds is 1. The van der Waals surface area contributed by atoms with Crippen molar-refractivity contribution in [3.05, 3.63) is 24.0 Å². The van der Waals surface area contributed by atoms with Crippen molar-refractivity contribution in [2.24, 2.45) is 0 Å². The summed E-state index contributed by atoms with van der Waals surface area (Å²) in [4.78, 5) is 12.9. The Bertz CT molecular complexity index is 450. The van der Waals surface area contributed by atoms with E-state index in [0.717, 1.165) is 0 Å². The number of hydrogen-bond donors (Lipinski definition) is 1. The van der Waals surface area contributed by atoms with E-state index in [0.29, 0.717) is 12.2 Å². The van der Waals surface area contributed by atoms with Gasteiger partial charge >= 0.3 is 0 Å². The quantitative estimate of drug-likeness (QED) is 0.697. The highest BCUT2D eigenvalue weighted by atomic mass is 19.1. The summed E-state index contributed by atoms with van der Waals surface area (Å²) < 4.78 is 13.4. The molecule has 0 atom stereocenters. The van der Waals surface area contributed by atoms with Crippen LogP contribution in [0.1, 0.15) is 0 Å². The number of hydrogen-bond acceptors (Lipinski definition) is 2. The Morgan fingerprint density at radius 3 is 3.13 bits per heavy atom. The van der Waals surface area contributed by atoms with Crippen molar-refractivity contribution in [2.75, 3.05) is 23.3 Å². The molecule has 4 heteroatoms. The smallest absolute Gasteiger partial charge is 0.244 e. The summed E-state index contributed by atoms with van der Waals surface area (Å²) in [6, 6.07) is 4.63. The van der Waals surface area contributed by atoms with Crippen molar-refractivity contribution in [3.63, 3.8) is 0 Å². The van der Waals surface area contributed by atoms with Crippen molar-refractivity contribution in [2.45, 2.75) is 0 Å². The second-order valence-corrected chi connectivity index (χ2v) is 3.24. The second-order valence-electron chi connectivity index (χ2n) is 3.24. The lowest BCUT2D eigenvalue weighted by molar-refractivity contribution is -0.115. The zero-order valence-electron chi connectivity index (χ0n) is 7.96. The van der Waals surface area contributed by atoms with Crippen LogP contribution in [0.5, 0.6) is 0 Å². The van der Waals surface area contributed by atoms with E-state index in [1.165, 1.54) is 6.07 Å². The Kier molecular flexibility index (Phi) is 2.30. The summed E-state index contributed by atoms with van der Waals surface area (Å²) in [7, 11) is 0. The van der Waals surface area contributed by atoms with Crippen LogP contribution in [0.25, 0.3) is 0 Å². The fourth-order valence-corrected chi connectivity index (χ4v) is 1.59. The number of nitrogens with zero attached hydrogens (tertiary/aromatic N) is 1. The molecule has 3 nitrogen and oxygen atoms in total. The standard InChI is InChI=1S/C11H9FN2O/c1-2-6-14-7-10(15)13-11-8(12)4-3-5-9(11)14/h1,3-5H,6-7H2,(H,13,15). The van der Waals surface area contributed by atoms with Gasteiger partial charge < -0.3 is 10.2 Å². The topological polar surface area (TPSA) is 32.3 Å². The first-order valence-corrected chi connectivity index (χ1v) is 4.49. The maximum atomic E-state index is 13.4. The molecule has 76 valence electrons. The van der Waals surface area contributed by atoms with Gasteiger partial charge in [0.15, 0.2) is 0 Å². The predicted molar refractivity (Wildman–Crippen MR) is 56.1 cm³/mol. The highest BCUT2D eigenvalue weighted by Crippen LogP contribution is 2.31. The van der Waals surface area contributed by atoms with Crippen LogP contribution in [0.2, 0.25) is 0 Å². The summed E-state index contributed by atoms with van der Waals surface area (Å²) in [5.41, 5.74) is 0.844. The largest absolute Gasteiger partial charge is 0.349 e. The van der Waals surface area contributed by atoms with E-state index in [1.54, 1.807) is 17.0 Å². The van der Waals surface area contributed by atoms with Crippen molar-refractivity contribution in [1.29, 1.82) is 0 Å². The molecule has 1 N–H and O–H groups in total. The minimum atomic E-state index is -0.442. The van der Waals surface area contributed by atoms with E-state index in [9.17, 15) is 9.18 Å². The number of carbonyl (C=O) groups is 1. The number of fused-ring (bicyclic) bond motifs is 1. The van der Waals surface area contributed by atoms with Gasteiger partial charge in [0.1, 0.15) is 11.5 Å². The number of carbonyl (C=O) groups excluding carboxylic acids is 1. The van der Waals surface area contributed by atoms with Crippen LogP contribution < -0.4 is 10.2 Å². The Morgan fingerprint density at radius 2 is 2.40 bits per heavy atom. The molecule has 0 bridgehead atoms. The number of anilines is 2. The van der Waals surface area contributed by atoms with Crippen LogP contribution in [0, 0.1) is 18.2 Å². The van der Waals surface area contributed by atoms with Crippen molar-refractivity contribution in [1.82, 2.24) is 0 Å². The Hall–Kier alpha value is -2.02. The Labute approximate surface area is 86.9 Å². The molecule has 0 saturated heterocycles. The average molecular weight is 204 g/mol. The van der Waals surface area contributed by atoms with Gasteiger partial charge in [0.05, 0.1) is 18.8 Å². The van der Waals surface area contributed by atoms with Gasteiger partial charge in [-0.15, -0.1) is 6.42 Å². The first-order valence-electron chi connectivity index (χ1n) is 4.49. The SMILES string of the molecule is C#CCN1CC(=O)Nc2c(F)cccc21. The van der Waals surface area contributed by atoms with Gasteiger partial charge in [-0.05, 0) is 12.1 Å². The van der Waals surface area contributed by atoms with Gasteiger partial charge in [-0.25, -0.2) is 4.39 Å². The molecule has 0 spiro atoms. The molecule has 0 aromatic heterocycles. The van der Waals surface area contributed by atoms with Crippen LogP contribution in [-0.2, 0) is 4.79 Å². The second kappa shape index (κ2) is 3.62. The van der Waals surface area contributed by atoms with Crippen LogP contribution in [0.3, 0.4) is 0 Å². The molecular weight excluding hydrogens is 195 g/mol. The maximum Gasteiger partial charge on any atom is 0.244 e. The van der Waals surface area contributed by atoms with E-state index in [-0.39, 0.29) is 18.1 Å². The normalized spacial score (nSPS) is 14.1. The molecule has 1 heterocycles. The van der Waals surface area contributed by atoms with E-state index in [2.05, 4.69) is 11.2 Å². The van der Waals surface area contributed by atoms with Crippen LogP contribution in [0.15, 0.2) is 18.2 Å². The summed E-state index contributed by atoms with van der Waals surface area (Å²) in [6.45, 7) is 0.463. The number of terminal acetylenes is 1. The number of halogens is 1. The van der Waals surface area contributed by atoms with Gasteiger partial charge in [-0.1, -0.05) is 12.0 Å². The van der Waals surface area contributed by atoms with Gasteiger partial charge in [-0.3, -0.25) is 4.79 Å². The molecule has 15 heavy (non-hydrogen) atoms. The third-order valence-electron chi connectivity index (χ3n) is 2.21. The lowest BCUT2D eigenvalue weighted by Gasteiger charge is -2.29. The van der Waals surface area contributed by atoms with Crippen LogP contribution in [-0.4, -0.2) is 19.0 Å². The average Bonchev–Trinajstić information content (AvgIpc) is 2.20. The Morgan fingerprint density at radius 1 is 1.60 bits per heavy atom. The first kappa shape index (κ1) is 9.53. The van der Waals surface area contributed by atoms with Crippen LogP contribution >= 0.6 is 0 Å². The molecule has 0 unspecified atom stereocenters. The monoisotopic (exact) mass is 204 g/mol. The van der Waals surface area contributed by atoms with Crippen molar-refractivity contribution in [3.8, 4) is 12.3 Å².